The molecule has 0 unspecified atom stereocenters. The van der Waals surface area contributed by atoms with E-state index in [0.29, 0.717) is 24.4 Å². The third-order valence-electron chi connectivity index (χ3n) is 4.81. The van der Waals surface area contributed by atoms with E-state index in [2.05, 4.69) is 20.6 Å². The predicted molar refractivity (Wildman–Crippen MR) is 114 cm³/mol. The number of H-pyrrole nitrogens is 1. The molecule has 3 rings (SSSR count). The lowest BCUT2D eigenvalue weighted by atomic mass is 10.1. The first-order valence-electron chi connectivity index (χ1n) is 10.3. The molecule has 1 aliphatic heterocycles. The van der Waals surface area contributed by atoms with Crippen LogP contribution in [0.2, 0.25) is 0 Å². The van der Waals surface area contributed by atoms with Crippen LogP contribution in [0.4, 0.5) is 4.79 Å². The average molecular weight is 428 g/mol. The fourth-order valence-corrected chi connectivity index (χ4v) is 3.50. The third kappa shape index (κ3) is 6.07. The second-order valence-electron chi connectivity index (χ2n) is 8.64. The summed E-state index contributed by atoms with van der Waals surface area (Å²) in [4.78, 5) is 46.6. The average Bonchev–Trinajstić information content (AvgIpc) is 3.31. The molecular weight excluding hydrogens is 398 g/mol. The molecule has 0 aliphatic carbocycles. The summed E-state index contributed by atoms with van der Waals surface area (Å²) in [6.45, 7) is 7.26. The monoisotopic (exact) mass is 427 g/mol. The largest absolute Gasteiger partial charge is 0.444 e. The molecule has 3 N–H and O–H groups in total. The molecule has 2 aromatic rings. The van der Waals surface area contributed by atoms with Crippen molar-refractivity contribution in [2.45, 2.75) is 51.8 Å². The van der Waals surface area contributed by atoms with Gasteiger partial charge in [-0.3, -0.25) is 9.59 Å². The topological polar surface area (TPSA) is 116 Å². The van der Waals surface area contributed by atoms with E-state index in [9.17, 15) is 14.4 Å². The number of aryl methyl sites for hydroxylation is 1. The fraction of sp³-hybridized carbons (Fsp3) is 0.455. The van der Waals surface area contributed by atoms with E-state index < -0.39 is 11.7 Å². The van der Waals surface area contributed by atoms with Gasteiger partial charge in [-0.25, -0.2) is 9.78 Å². The van der Waals surface area contributed by atoms with Crippen molar-refractivity contribution in [3.05, 3.63) is 53.6 Å². The number of aromatic amines is 1. The standard InChI is InChI=1S/C22H29N5O4/c1-14-11-23-19(25-14)17-10-16(26-20(29)15-8-6-5-7-9-15)13-27(17)18(28)12-24-21(30)31-22(2,3)4/h5-9,11,16-17H,10,12-13H2,1-4H3,(H,23,25)(H,24,30)(H,26,29)/t16-,17+/m1/s1. The molecule has 1 aromatic carbocycles. The summed E-state index contributed by atoms with van der Waals surface area (Å²) in [5.74, 6) is 0.183. The first-order valence-corrected chi connectivity index (χ1v) is 10.3. The second-order valence-corrected chi connectivity index (χ2v) is 8.64. The Balaban J connectivity index is 1.68. The van der Waals surface area contributed by atoms with Crippen molar-refractivity contribution in [1.29, 1.82) is 0 Å². The van der Waals surface area contributed by atoms with Crippen LogP contribution in [0.5, 0.6) is 0 Å². The van der Waals surface area contributed by atoms with Crippen LogP contribution in [-0.4, -0.2) is 57.5 Å². The van der Waals surface area contributed by atoms with Gasteiger partial charge in [0.15, 0.2) is 0 Å². The van der Waals surface area contributed by atoms with Crippen LogP contribution in [0.1, 0.15) is 55.1 Å². The number of rotatable bonds is 5. The summed E-state index contributed by atoms with van der Waals surface area (Å²) >= 11 is 0. The van der Waals surface area contributed by atoms with Gasteiger partial charge in [0.25, 0.3) is 5.91 Å². The number of carbonyl (C=O) groups is 3. The summed E-state index contributed by atoms with van der Waals surface area (Å²) in [6, 6.07) is 8.36. The maximum atomic E-state index is 12.9. The number of imidazole rings is 1. The molecule has 9 heteroatoms. The minimum absolute atomic E-state index is 0.193. The molecule has 31 heavy (non-hydrogen) atoms. The lowest BCUT2D eigenvalue weighted by Gasteiger charge is -2.24. The summed E-state index contributed by atoms with van der Waals surface area (Å²) in [5, 5.41) is 5.50. The molecule has 2 atom stereocenters. The Labute approximate surface area is 181 Å². The van der Waals surface area contributed by atoms with Gasteiger partial charge in [0.1, 0.15) is 18.0 Å². The third-order valence-corrected chi connectivity index (χ3v) is 4.81. The number of nitrogens with one attached hydrogen (secondary N) is 3. The number of carbonyl (C=O) groups excluding carboxylic acids is 3. The molecule has 9 nitrogen and oxygen atoms in total. The van der Waals surface area contributed by atoms with E-state index in [0.717, 1.165) is 5.69 Å². The van der Waals surface area contributed by atoms with Crippen molar-refractivity contribution >= 4 is 17.9 Å². The normalized spacial score (nSPS) is 18.5. The molecule has 0 radical (unpaired) electrons. The van der Waals surface area contributed by atoms with E-state index in [4.69, 9.17) is 4.74 Å². The van der Waals surface area contributed by atoms with Crippen molar-refractivity contribution in [3.8, 4) is 0 Å². The molecule has 1 fully saturated rings. The zero-order valence-electron chi connectivity index (χ0n) is 18.3. The molecule has 0 bridgehead atoms. The molecule has 3 amide bonds. The maximum absolute atomic E-state index is 12.9. The first kappa shape index (κ1) is 22.3. The van der Waals surface area contributed by atoms with Gasteiger partial charge in [0, 0.05) is 30.0 Å². The summed E-state index contributed by atoms with van der Waals surface area (Å²) in [5.41, 5.74) is 0.789. The minimum Gasteiger partial charge on any atom is -0.444 e. The van der Waals surface area contributed by atoms with Gasteiger partial charge in [-0.1, -0.05) is 18.2 Å². The Kier molecular flexibility index (Phi) is 6.62. The van der Waals surface area contributed by atoms with Crippen molar-refractivity contribution in [2.75, 3.05) is 13.1 Å². The lowest BCUT2D eigenvalue weighted by molar-refractivity contribution is -0.131. The smallest absolute Gasteiger partial charge is 0.408 e. The van der Waals surface area contributed by atoms with Crippen molar-refractivity contribution in [3.63, 3.8) is 0 Å². The molecule has 1 aromatic heterocycles. The van der Waals surface area contributed by atoms with Gasteiger partial charge >= 0.3 is 6.09 Å². The highest BCUT2D eigenvalue weighted by Gasteiger charge is 2.38. The van der Waals surface area contributed by atoms with Crippen LogP contribution in [0.25, 0.3) is 0 Å². The minimum atomic E-state index is -0.653. The van der Waals surface area contributed by atoms with E-state index in [1.54, 1.807) is 56.1 Å². The number of likely N-dealkylation sites (tertiary alicyclic amines) is 1. The van der Waals surface area contributed by atoms with Gasteiger partial charge < -0.3 is 25.3 Å². The van der Waals surface area contributed by atoms with Crippen LogP contribution >= 0.6 is 0 Å². The van der Waals surface area contributed by atoms with Crippen LogP contribution < -0.4 is 10.6 Å². The number of nitrogens with zero attached hydrogens (tertiary/aromatic N) is 2. The second kappa shape index (κ2) is 9.20. The summed E-state index contributed by atoms with van der Waals surface area (Å²) < 4.78 is 5.19. The van der Waals surface area contributed by atoms with Crippen molar-refractivity contribution in [2.24, 2.45) is 0 Å². The van der Waals surface area contributed by atoms with Gasteiger partial charge in [-0.15, -0.1) is 0 Å². The maximum Gasteiger partial charge on any atom is 0.408 e. The van der Waals surface area contributed by atoms with Crippen LogP contribution in [0, 0.1) is 6.92 Å². The van der Waals surface area contributed by atoms with Crippen molar-refractivity contribution < 1.29 is 19.1 Å². The Morgan fingerprint density at radius 2 is 1.94 bits per heavy atom. The highest BCUT2D eigenvalue weighted by molar-refractivity contribution is 5.94. The zero-order chi connectivity index (χ0) is 22.6. The number of amides is 3. The molecule has 166 valence electrons. The Hall–Kier alpha value is -3.36. The number of hydrogen-bond acceptors (Lipinski definition) is 5. The number of alkyl carbamates (subject to hydrolysis) is 1. The number of hydrogen-bond donors (Lipinski definition) is 3. The van der Waals surface area contributed by atoms with E-state index >= 15 is 0 Å². The van der Waals surface area contributed by atoms with E-state index in [1.807, 2.05) is 13.0 Å². The van der Waals surface area contributed by atoms with Crippen LogP contribution in [0.3, 0.4) is 0 Å². The molecule has 0 spiro atoms. The Bertz CT molecular complexity index is 935. The molecular formula is C22H29N5O4. The molecule has 1 saturated heterocycles. The van der Waals surface area contributed by atoms with Gasteiger partial charge in [-0.2, -0.15) is 0 Å². The number of benzene rings is 1. The zero-order valence-corrected chi connectivity index (χ0v) is 18.3. The predicted octanol–water partition coefficient (Wildman–Crippen LogP) is 2.31. The number of aromatic nitrogens is 2. The molecule has 0 saturated carbocycles. The fourth-order valence-electron chi connectivity index (χ4n) is 3.50. The summed E-state index contributed by atoms with van der Waals surface area (Å²) in [6.07, 6.45) is 1.57. The summed E-state index contributed by atoms with van der Waals surface area (Å²) in [7, 11) is 0. The highest BCUT2D eigenvalue weighted by atomic mass is 16.6. The Morgan fingerprint density at radius 1 is 1.23 bits per heavy atom. The van der Waals surface area contributed by atoms with Gasteiger partial charge in [0.05, 0.1) is 6.04 Å². The van der Waals surface area contributed by atoms with Crippen LogP contribution in [-0.2, 0) is 9.53 Å². The van der Waals surface area contributed by atoms with Crippen molar-refractivity contribution in [1.82, 2.24) is 25.5 Å². The SMILES string of the molecule is Cc1cnc([C@@H]2C[C@@H](NC(=O)c3ccccc3)CN2C(=O)CNC(=O)OC(C)(C)C)[nH]1. The van der Waals surface area contributed by atoms with Gasteiger partial charge in [-0.05, 0) is 46.2 Å². The Morgan fingerprint density at radius 3 is 2.55 bits per heavy atom. The molecule has 1 aliphatic rings. The highest BCUT2D eigenvalue weighted by Crippen LogP contribution is 2.30. The van der Waals surface area contributed by atoms with Gasteiger partial charge in [0.2, 0.25) is 5.91 Å². The van der Waals surface area contributed by atoms with E-state index in [-0.39, 0.29) is 30.4 Å². The molecule has 2 heterocycles. The van der Waals surface area contributed by atoms with E-state index in [1.165, 1.54) is 0 Å². The quantitative estimate of drug-likeness (QED) is 0.677. The lowest BCUT2D eigenvalue weighted by Crippen LogP contribution is -2.43. The van der Waals surface area contributed by atoms with Crippen LogP contribution in [0.15, 0.2) is 36.5 Å². The first-order chi connectivity index (χ1) is 14.6. The number of ether oxygens (including phenoxy) is 1.